The molecule has 0 saturated heterocycles. The van der Waals surface area contributed by atoms with Gasteiger partial charge >= 0.3 is 5.97 Å². The Bertz CT molecular complexity index is 317. The molecule has 14 heavy (non-hydrogen) atoms. The fourth-order valence-corrected chi connectivity index (χ4v) is 1.13. The van der Waals surface area contributed by atoms with Gasteiger partial charge in [0.15, 0.2) is 0 Å². The predicted molar refractivity (Wildman–Crippen MR) is 52.0 cm³/mol. The largest absolute Gasteiger partial charge is 0.466 e. The Labute approximate surface area is 87.3 Å². The zero-order chi connectivity index (χ0) is 10.4. The number of aryl methyl sites for hydroxylation is 1. The Morgan fingerprint density at radius 3 is 3.00 bits per heavy atom. The van der Waals surface area contributed by atoms with Crippen LogP contribution >= 0.6 is 11.6 Å². The molecule has 0 aliphatic rings. The Morgan fingerprint density at radius 1 is 1.57 bits per heavy atom. The summed E-state index contributed by atoms with van der Waals surface area (Å²) in [5, 5.41) is 0.339. The number of carbonyl (C=O) groups is 1. The van der Waals surface area contributed by atoms with Crippen molar-refractivity contribution < 1.29 is 9.53 Å². The maximum atomic E-state index is 11.0. The second kappa shape index (κ2) is 5.54. The maximum absolute atomic E-state index is 11.0. The van der Waals surface area contributed by atoms with E-state index in [-0.39, 0.29) is 5.97 Å². The number of ether oxygens (including phenoxy) is 1. The second-order valence-corrected chi connectivity index (χ2v) is 3.03. The highest BCUT2D eigenvalue weighted by Gasteiger charge is 2.03. The lowest BCUT2D eigenvalue weighted by atomic mass is 10.2. The molecule has 0 fully saturated rings. The lowest BCUT2D eigenvalue weighted by Gasteiger charge is -2.01. The number of hydrogen-bond donors (Lipinski definition) is 0. The Balaban J connectivity index is 2.41. The summed E-state index contributed by atoms with van der Waals surface area (Å²) >= 11 is 5.63. The van der Waals surface area contributed by atoms with E-state index in [1.165, 1.54) is 6.20 Å². The molecule has 0 N–H and O–H groups in total. The van der Waals surface area contributed by atoms with Crippen molar-refractivity contribution in [2.45, 2.75) is 19.8 Å². The monoisotopic (exact) mass is 214 g/mol. The molecule has 0 aliphatic carbocycles. The van der Waals surface area contributed by atoms with Crippen molar-refractivity contribution in [3.8, 4) is 0 Å². The standard InChI is InChI=1S/C9H11ClN2O2/c1-2-14-9(13)4-3-7-5-11-6-8(10)12-7/h5-6H,2-4H2,1H3. The highest BCUT2D eigenvalue weighted by molar-refractivity contribution is 6.29. The number of hydrogen-bond acceptors (Lipinski definition) is 4. The zero-order valence-electron chi connectivity index (χ0n) is 7.86. The molecule has 0 aromatic carbocycles. The first kappa shape index (κ1) is 10.9. The van der Waals surface area contributed by atoms with Crippen LogP contribution in [0.15, 0.2) is 12.4 Å². The second-order valence-electron chi connectivity index (χ2n) is 2.64. The number of esters is 1. The topological polar surface area (TPSA) is 52.1 Å². The first-order valence-electron chi connectivity index (χ1n) is 4.34. The van der Waals surface area contributed by atoms with Crippen molar-refractivity contribution in [3.05, 3.63) is 23.2 Å². The maximum Gasteiger partial charge on any atom is 0.306 e. The quantitative estimate of drug-likeness (QED) is 0.715. The summed E-state index contributed by atoms with van der Waals surface area (Å²) < 4.78 is 4.77. The van der Waals surface area contributed by atoms with Gasteiger partial charge in [-0.05, 0) is 6.92 Å². The summed E-state index contributed by atoms with van der Waals surface area (Å²) in [6.07, 6.45) is 3.86. The van der Waals surface area contributed by atoms with Crippen molar-refractivity contribution in [2.24, 2.45) is 0 Å². The van der Waals surface area contributed by atoms with Gasteiger partial charge in [0.25, 0.3) is 0 Å². The normalized spacial score (nSPS) is 9.86. The van der Waals surface area contributed by atoms with Gasteiger partial charge in [0.1, 0.15) is 5.15 Å². The third kappa shape index (κ3) is 3.70. The van der Waals surface area contributed by atoms with E-state index in [4.69, 9.17) is 16.3 Å². The minimum atomic E-state index is -0.228. The van der Waals surface area contributed by atoms with Gasteiger partial charge in [-0.1, -0.05) is 11.6 Å². The molecule has 0 amide bonds. The third-order valence-corrected chi connectivity index (χ3v) is 1.73. The lowest BCUT2D eigenvalue weighted by molar-refractivity contribution is -0.143. The third-order valence-electron chi connectivity index (χ3n) is 1.55. The Hall–Kier alpha value is -1.16. The first-order chi connectivity index (χ1) is 6.72. The summed E-state index contributed by atoms with van der Waals surface area (Å²) in [5.74, 6) is -0.228. The van der Waals surface area contributed by atoms with Gasteiger partial charge < -0.3 is 4.74 Å². The molecule has 0 saturated carbocycles. The molecule has 1 aromatic rings. The van der Waals surface area contributed by atoms with Crippen LogP contribution in [-0.2, 0) is 16.0 Å². The van der Waals surface area contributed by atoms with E-state index >= 15 is 0 Å². The molecule has 5 heteroatoms. The SMILES string of the molecule is CCOC(=O)CCc1cncc(Cl)n1. The molecule has 0 unspecified atom stereocenters. The van der Waals surface area contributed by atoms with E-state index in [2.05, 4.69) is 9.97 Å². The highest BCUT2D eigenvalue weighted by atomic mass is 35.5. The number of halogens is 1. The Morgan fingerprint density at radius 2 is 2.36 bits per heavy atom. The molecular formula is C9H11ClN2O2. The lowest BCUT2D eigenvalue weighted by Crippen LogP contribution is -2.06. The van der Waals surface area contributed by atoms with Gasteiger partial charge in [0.2, 0.25) is 0 Å². The van der Waals surface area contributed by atoms with Gasteiger partial charge in [-0.2, -0.15) is 0 Å². The summed E-state index contributed by atoms with van der Waals surface area (Å²) in [6, 6.07) is 0. The first-order valence-corrected chi connectivity index (χ1v) is 4.72. The van der Waals surface area contributed by atoms with E-state index in [1.807, 2.05) is 0 Å². The predicted octanol–water partition coefficient (Wildman–Crippen LogP) is 1.63. The molecule has 0 atom stereocenters. The summed E-state index contributed by atoms with van der Waals surface area (Å²) in [5.41, 5.74) is 0.700. The summed E-state index contributed by atoms with van der Waals surface area (Å²) in [6.45, 7) is 2.18. The van der Waals surface area contributed by atoms with Crippen molar-refractivity contribution in [3.63, 3.8) is 0 Å². The molecule has 0 spiro atoms. The zero-order valence-corrected chi connectivity index (χ0v) is 8.62. The minimum Gasteiger partial charge on any atom is -0.466 e. The number of rotatable bonds is 4. The van der Waals surface area contributed by atoms with Crippen LogP contribution in [0, 0.1) is 0 Å². The van der Waals surface area contributed by atoms with Crippen molar-refractivity contribution in [2.75, 3.05) is 6.61 Å². The van der Waals surface area contributed by atoms with Gasteiger partial charge in [0.05, 0.1) is 24.9 Å². The van der Waals surface area contributed by atoms with E-state index in [1.54, 1.807) is 13.1 Å². The van der Waals surface area contributed by atoms with Gasteiger partial charge in [-0.3, -0.25) is 9.78 Å². The van der Waals surface area contributed by atoms with E-state index in [0.717, 1.165) is 0 Å². The molecule has 0 radical (unpaired) electrons. The van der Waals surface area contributed by atoms with Crippen molar-refractivity contribution in [1.29, 1.82) is 0 Å². The number of aromatic nitrogens is 2. The van der Waals surface area contributed by atoms with Crippen molar-refractivity contribution >= 4 is 17.6 Å². The van der Waals surface area contributed by atoms with Crippen LogP contribution in [0.1, 0.15) is 19.0 Å². The van der Waals surface area contributed by atoms with E-state index in [0.29, 0.717) is 30.3 Å². The van der Waals surface area contributed by atoms with Crippen molar-refractivity contribution in [1.82, 2.24) is 9.97 Å². The highest BCUT2D eigenvalue weighted by Crippen LogP contribution is 2.04. The molecule has 0 bridgehead atoms. The fraction of sp³-hybridized carbons (Fsp3) is 0.444. The molecular weight excluding hydrogens is 204 g/mol. The van der Waals surface area contributed by atoms with Gasteiger partial charge in [0, 0.05) is 12.6 Å². The molecule has 1 rings (SSSR count). The van der Waals surface area contributed by atoms with Gasteiger partial charge in [-0.15, -0.1) is 0 Å². The average molecular weight is 215 g/mol. The van der Waals surface area contributed by atoms with Crippen LogP contribution < -0.4 is 0 Å². The smallest absolute Gasteiger partial charge is 0.306 e. The summed E-state index contributed by atoms with van der Waals surface area (Å²) in [7, 11) is 0. The fourth-order valence-electron chi connectivity index (χ4n) is 0.963. The number of carbonyl (C=O) groups excluding carboxylic acids is 1. The molecule has 1 aromatic heterocycles. The van der Waals surface area contributed by atoms with E-state index in [9.17, 15) is 4.79 Å². The average Bonchev–Trinajstić information content (AvgIpc) is 2.15. The molecule has 76 valence electrons. The van der Waals surface area contributed by atoms with Crippen LogP contribution in [0.4, 0.5) is 0 Å². The minimum absolute atomic E-state index is 0.228. The number of nitrogens with zero attached hydrogens (tertiary/aromatic N) is 2. The van der Waals surface area contributed by atoms with Crippen LogP contribution in [0.3, 0.4) is 0 Å². The van der Waals surface area contributed by atoms with E-state index < -0.39 is 0 Å². The molecule has 0 aliphatic heterocycles. The van der Waals surface area contributed by atoms with Crippen LogP contribution in [0.2, 0.25) is 5.15 Å². The molecule has 4 nitrogen and oxygen atoms in total. The van der Waals surface area contributed by atoms with Gasteiger partial charge in [-0.25, -0.2) is 4.98 Å². The van der Waals surface area contributed by atoms with Crippen LogP contribution in [0.5, 0.6) is 0 Å². The van der Waals surface area contributed by atoms with Crippen LogP contribution in [-0.4, -0.2) is 22.5 Å². The van der Waals surface area contributed by atoms with Crippen LogP contribution in [0.25, 0.3) is 0 Å². The summed E-state index contributed by atoms with van der Waals surface area (Å²) in [4.78, 5) is 18.9. The Kier molecular flexibility index (Phi) is 4.32. The molecule has 1 heterocycles.